The Balaban J connectivity index is 0. The minimum absolute atomic E-state index is 0.0905. The lowest BCUT2D eigenvalue weighted by molar-refractivity contribution is -0.344. The first-order valence-corrected chi connectivity index (χ1v) is 20.9. The van der Waals surface area contributed by atoms with Crippen molar-refractivity contribution >= 4 is 11.9 Å². The Hall–Kier alpha value is -1.62. The van der Waals surface area contributed by atoms with Gasteiger partial charge < -0.3 is 9.84 Å². The van der Waals surface area contributed by atoms with Gasteiger partial charge in [0.05, 0.1) is 11.8 Å². The van der Waals surface area contributed by atoms with Crippen molar-refractivity contribution in [1.82, 2.24) is 0 Å². The fraction of sp³-hybridized carbons (Fsp3) is 0.951. The summed E-state index contributed by atoms with van der Waals surface area (Å²) in [5.41, 5.74) is 0. The number of halogens is 8. The van der Waals surface area contributed by atoms with E-state index in [1.165, 1.54) is 64.2 Å². The molecule has 2 atom stereocenters. The highest BCUT2D eigenvalue weighted by Crippen LogP contribution is 2.48. The molecule has 0 aliphatic heterocycles. The number of hydrogen-bond acceptors (Lipinski definition) is 3. The minimum Gasteiger partial charge on any atom is -0.481 e. The lowest BCUT2D eigenvalue weighted by atomic mass is 9.94. The van der Waals surface area contributed by atoms with Gasteiger partial charge in [-0.25, -0.2) is 8.78 Å². The van der Waals surface area contributed by atoms with E-state index in [4.69, 9.17) is 0 Å². The normalized spacial score (nSPS) is 13.5. The van der Waals surface area contributed by atoms with Crippen LogP contribution in [0.1, 0.15) is 207 Å². The summed E-state index contributed by atoms with van der Waals surface area (Å²) in [6, 6.07) is 0. The molecular formula is C41H74F8O4. The van der Waals surface area contributed by atoms with Gasteiger partial charge in [0.25, 0.3) is 0 Å². The van der Waals surface area contributed by atoms with Crippen LogP contribution in [-0.2, 0) is 14.3 Å². The Morgan fingerprint density at radius 2 is 0.774 bits per heavy atom. The summed E-state index contributed by atoms with van der Waals surface area (Å²) in [6.07, 6.45) is 23.3. The summed E-state index contributed by atoms with van der Waals surface area (Å²) < 4.78 is 109. The molecule has 0 amide bonds. The second-order valence-electron chi connectivity index (χ2n) is 14.8. The smallest absolute Gasteiger partial charge is 0.381 e. The van der Waals surface area contributed by atoms with Crippen LogP contribution >= 0.6 is 0 Å². The van der Waals surface area contributed by atoms with Gasteiger partial charge in [-0.15, -0.1) is 0 Å². The number of unbranched alkanes of at least 4 members (excludes halogenated alkanes) is 20. The second kappa shape index (κ2) is 32.6. The Morgan fingerprint density at radius 3 is 1.06 bits per heavy atom. The standard InChI is InChI=1S/C23H38F8O2.C18H36O2/c1-3-5-7-9-10-12-14-16-18(15-13-11-8-6-4-2)19(32)33-17-21(26,27)23(30,31)22(28,29)20(24)25;1-3-5-7-9-10-12-14-16-17(18(19)20)15-13-11-8-6-4-2/h18,20H,3-17H2,1-2H3;17H,3-16H2,1-2H3,(H,19,20). The Morgan fingerprint density at radius 1 is 0.491 bits per heavy atom. The first-order valence-electron chi connectivity index (χ1n) is 20.9. The van der Waals surface area contributed by atoms with E-state index in [-0.39, 0.29) is 5.92 Å². The first-order chi connectivity index (χ1) is 25.1. The largest absolute Gasteiger partial charge is 0.481 e. The van der Waals surface area contributed by atoms with Crippen LogP contribution in [0.4, 0.5) is 35.1 Å². The second-order valence-corrected chi connectivity index (χ2v) is 14.8. The van der Waals surface area contributed by atoms with Gasteiger partial charge in [0.1, 0.15) is 0 Å². The number of hydrogen-bond donors (Lipinski definition) is 1. The predicted molar refractivity (Wildman–Crippen MR) is 198 cm³/mol. The fourth-order valence-electron chi connectivity index (χ4n) is 6.21. The van der Waals surface area contributed by atoms with Crippen molar-refractivity contribution in [2.24, 2.45) is 11.8 Å². The van der Waals surface area contributed by atoms with E-state index in [1.807, 2.05) is 6.92 Å². The highest BCUT2D eigenvalue weighted by molar-refractivity contribution is 5.72. The van der Waals surface area contributed by atoms with Gasteiger partial charge in [-0.3, -0.25) is 9.59 Å². The number of carbonyl (C=O) groups is 2. The maximum absolute atomic E-state index is 13.7. The first kappa shape index (κ1) is 53.5. The number of alkyl halides is 8. The van der Waals surface area contributed by atoms with E-state index in [2.05, 4.69) is 25.5 Å². The number of carboxylic acid groups (broad SMARTS) is 1. The highest BCUT2D eigenvalue weighted by atomic mass is 19.4. The van der Waals surface area contributed by atoms with Gasteiger partial charge in [-0.1, -0.05) is 182 Å². The number of aliphatic carboxylic acids is 1. The molecule has 0 saturated carbocycles. The third kappa shape index (κ3) is 25.2. The molecule has 2 unspecified atom stereocenters. The van der Waals surface area contributed by atoms with Gasteiger partial charge >= 0.3 is 36.1 Å². The van der Waals surface area contributed by atoms with E-state index in [1.54, 1.807) is 0 Å². The lowest BCUT2D eigenvalue weighted by Gasteiger charge is -2.32. The maximum atomic E-state index is 13.7. The van der Waals surface area contributed by atoms with Gasteiger partial charge in [0, 0.05) is 0 Å². The van der Waals surface area contributed by atoms with Crippen LogP contribution in [0.5, 0.6) is 0 Å². The zero-order chi connectivity index (χ0) is 40.6. The van der Waals surface area contributed by atoms with Crippen molar-refractivity contribution in [3.8, 4) is 0 Å². The number of rotatable bonds is 35. The van der Waals surface area contributed by atoms with Crippen molar-refractivity contribution in [3.63, 3.8) is 0 Å². The molecule has 0 spiro atoms. The number of carboxylic acids is 1. The van der Waals surface area contributed by atoms with E-state index in [9.17, 15) is 49.8 Å². The van der Waals surface area contributed by atoms with E-state index >= 15 is 0 Å². The molecule has 0 aliphatic rings. The molecular weight excluding hydrogens is 708 g/mol. The molecule has 318 valence electrons. The van der Waals surface area contributed by atoms with Crippen LogP contribution in [0, 0.1) is 11.8 Å². The summed E-state index contributed by atoms with van der Waals surface area (Å²) in [7, 11) is 0. The van der Waals surface area contributed by atoms with Crippen molar-refractivity contribution in [2.45, 2.75) is 232 Å². The Kier molecular flexibility index (Phi) is 32.9. The molecule has 1 N–H and O–H groups in total. The number of esters is 1. The topological polar surface area (TPSA) is 63.6 Å². The van der Waals surface area contributed by atoms with Crippen molar-refractivity contribution < 1.29 is 54.6 Å². The number of carbonyl (C=O) groups excluding carboxylic acids is 1. The van der Waals surface area contributed by atoms with Gasteiger partial charge in [0.2, 0.25) is 0 Å². The number of ether oxygens (including phenoxy) is 1. The van der Waals surface area contributed by atoms with Crippen LogP contribution in [0.15, 0.2) is 0 Å². The van der Waals surface area contributed by atoms with Crippen molar-refractivity contribution in [2.75, 3.05) is 6.61 Å². The SMILES string of the molecule is CCCCCCCCCC(CCCCCCC)C(=O)O.CCCCCCCCCC(CCCCCCC)C(=O)OCC(F)(F)C(F)(F)C(F)(F)C(F)F. The minimum atomic E-state index is -6.37. The molecule has 53 heavy (non-hydrogen) atoms. The average molecular weight is 783 g/mol. The summed E-state index contributed by atoms with van der Waals surface area (Å²) >= 11 is 0. The molecule has 0 fully saturated rings. The zero-order valence-corrected chi connectivity index (χ0v) is 33.4. The summed E-state index contributed by atoms with van der Waals surface area (Å²) in [5.74, 6) is -21.0. The quantitative estimate of drug-likeness (QED) is 0.0395. The third-order valence-electron chi connectivity index (χ3n) is 9.85. The molecule has 0 aromatic heterocycles. The third-order valence-corrected chi connectivity index (χ3v) is 9.85. The zero-order valence-electron chi connectivity index (χ0n) is 33.4. The van der Waals surface area contributed by atoms with Crippen LogP contribution < -0.4 is 0 Å². The molecule has 0 rings (SSSR count). The van der Waals surface area contributed by atoms with Gasteiger partial charge in [0.15, 0.2) is 6.61 Å². The molecule has 0 heterocycles. The van der Waals surface area contributed by atoms with E-state index < -0.39 is 48.7 Å². The molecule has 12 heteroatoms. The summed E-state index contributed by atoms with van der Waals surface area (Å²) in [6.45, 7) is 6.17. The van der Waals surface area contributed by atoms with Crippen molar-refractivity contribution in [1.29, 1.82) is 0 Å². The average Bonchev–Trinajstić information content (AvgIpc) is 3.11. The summed E-state index contributed by atoms with van der Waals surface area (Å²) in [5, 5.41) is 9.25. The monoisotopic (exact) mass is 783 g/mol. The Bertz CT molecular complexity index is 873. The van der Waals surface area contributed by atoms with Crippen LogP contribution in [0.25, 0.3) is 0 Å². The van der Waals surface area contributed by atoms with E-state index in [0.717, 1.165) is 89.9 Å². The van der Waals surface area contributed by atoms with Gasteiger partial charge in [-0.2, -0.15) is 26.3 Å². The van der Waals surface area contributed by atoms with Crippen LogP contribution in [-0.4, -0.2) is 47.8 Å². The lowest BCUT2D eigenvalue weighted by Crippen LogP contribution is -2.59. The molecule has 0 aromatic rings. The van der Waals surface area contributed by atoms with Crippen molar-refractivity contribution in [3.05, 3.63) is 0 Å². The molecule has 0 aliphatic carbocycles. The molecule has 0 aromatic carbocycles. The molecule has 4 nitrogen and oxygen atoms in total. The molecule has 0 radical (unpaired) electrons. The van der Waals surface area contributed by atoms with Crippen LogP contribution in [0.3, 0.4) is 0 Å². The summed E-state index contributed by atoms with van der Waals surface area (Å²) in [4.78, 5) is 23.5. The van der Waals surface area contributed by atoms with E-state index in [0.29, 0.717) is 25.7 Å². The highest BCUT2D eigenvalue weighted by Gasteiger charge is 2.75. The maximum Gasteiger partial charge on any atom is 0.381 e. The predicted octanol–water partition coefficient (Wildman–Crippen LogP) is 15.0. The molecule has 0 saturated heterocycles. The fourth-order valence-corrected chi connectivity index (χ4v) is 6.21. The van der Waals surface area contributed by atoms with Crippen LogP contribution in [0.2, 0.25) is 0 Å². The van der Waals surface area contributed by atoms with Gasteiger partial charge in [-0.05, 0) is 25.7 Å². The molecule has 0 bridgehead atoms. The Labute approximate surface area is 316 Å².